The van der Waals surface area contributed by atoms with Crippen molar-refractivity contribution in [1.29, 1.82) is 0 Å². The second kappa shape index (κ2) is 5.11. The summed E-state index contributed by atoms with van der Waals surface area (Å²) in [4.78, 5) is 4.49. The fraction of sp³-hybridized carbons (Fsp3) is 0.533. The van der Waals surface area contributed by atoms with Crippen LogP contribution in [0.2, 0.25) is 0 Å². The lowest BCUT2D eigenvalue weighted by Crippen LogP contribution is -2.17. The van der Waals surface area contributed by atoms with Gasteiger partial charge >= 0.3 is 0 Å². The number of hydrogen-bond donors (Lipinski definition) is 1. The highest BCUT2D eigenvalue weighted by atomic mass is 16.3. The topological polar surface area (TPSA) is 52.0 Å². The number of aromatic nitrogens is 1. The monoisotopic (exact) mass is 246 g/mol. The van der Waals surface area contributed by atoms with Gasteiger partial charge in [0.2, 0.25) is 0 Å². The number of hydrogen-bond acceptors (Lipinski definition) is 3. The second-order valence-electron chi connectivity index (χ2n) is 5.52. The third-order valence-electron chi connectivity index (χ3n) is 3.41. The Morgan fingerprint density at radius 1 is 1.22 bits per heavy atom. The van der Waals surface area contributed by atoms with Gasteiger partial charge in [0.1, 0.15) is 5.52 Å². The minimum Gasteiger partial charge on any atom is -0.440 e. The van der Waals surface area contributed by atoms with E-state index in [2.05, 4.69) is 44.8 Å². The molecule has 0 amide bonds. The van der Waals surface area contributed by atoms with Crippen LogP contribution in [0.5, 0.6) is 0 Å². The lowest BCUT2D eigenvalue weighted by Gasteiger charge is -2.18. The first-order chi connectivity index (χ1) is 8.52. The molecule has 0 saturated heterocycles. The Kier molecular flexibility index (Phi) is 3.71. The van der Waals surface area contributed by atoms with Crippen molar-refractivity contribution in [3.05, 3.63) is 29.7 Å². The summed E-state index contributed by atoms with van der Waals surface area (Å²) >= 11 is 0. The van der Waals surface area contributed by atoms with Crippen molar-refractivity contribution in [2.45, 2.75) is 39.5 Å². The summed E-state index contributed by atoms with van der Waals surface area (Å²) in [5.41, 5.74) is 8.90. The summed E-state index contributed by atoms with van der Waals surface area (Å²) in [6.07, 6.45) is 0. The van der Waals surface area contributed by atoms with Crippen molar-refractivity contribution in [2.24, 2.45) is 11.7 Å². The second-order valence-corrected chi connectivity index (χ2v) is 5.52. The lowest BCUT2D eigenvalue weighted by atomic mass is 9.88. The van der Waals surface area contributed by atoms with Gasteiger partial charge in [0.15, 0.2) is 11.5 Å². The van der Waals surface area contributed by atoms with Gasteiger partial charge in [-0.05, 0) is 36.1 Å². The Balaban J connectivity index is 2.43. The van der Waals surface area contributed by atoms with E-state index in [1.807, 2.05) is 6.07 Å². The highest BCUT2D eigenvalue weighted by Gasteiger charge is 2.16. The SMILES string of the molecule is CC(C)c1nc2ccc(C(CN)C(C)C)cc2o1. The van der Waals surface area contributed by atoms with Gasteiger partial charge < -0.3 is 10.2 Å². The molecule has 0 aliphatic carbocycles. The largest absolute Gasteiger partial charge is 0.440 e. The molecule has 2 N–H and O–H groups in total. The molecule has 0 fully saturated rings. The van der Waals surface area contributed by atoms with E-state index in [4.69, 9.17) is 10.2 Å². The molecule has 98 valence electrons. The summed E-state index contributed by atoms with van der Waals surface area (Å²) in [5, 5.41) is 0. The van der Waals surface area contributed by atoms with Crippen LogP contribution in [0.3, 0.4) is 0 Å². The number of rotatable bonds is 4. The van der Waals surface area contributed by atoms with Crippen LogP contribution in [0.4, 0.5) is 0 Å². The van der Waals surface area contributed by atoms with Crippen molar-refractivity contribution in [3.8, 4) is 0 Å². The Labute approximate surface area is 108 Å². The molecule has 2 rings (SSSR count). The van der Waals surface area contributed by atoms with Crippen molar-refractivity contribution in [3.63, 3.8) is 0 Å². The summed E-state index contributed by atoms with van der Waals surface area (Å²) in [5.74, 6) is 2.02. The van der Waals surface area contributed by atoms with Gasteiger partial charge in [-0.15, -0.1) is 0 Å². The molecule has 0 saturated carbocycles. The molecule has 1 aromatic heterocycles. The maximum atomic E-state index is 5.86. The molecule has 0 aliphatic heterocycles. The van der Waals surface area contributed by atoms with Crippen LogP contribution in [-0.4, -0.2) is 11.5 Å². The van der Waals surface area contributed by atoms with Crippen LogP contribution in [-0.2, 0) is 0 Å². The van der Waals surface area contributed by atoms with Gasteiger partial charge in [-0.25, -0.2) is 4.98 Å². The first-order valence-electron chi connectivity index (χ1n) is 6.63. The van der Waals surface area contributed by atoms with Gasteiger partial charge in [-0.1, -0.05) is 33.8 Å². The van der Waals surface area contributed by atoms with E-state index in [1.165, 1.54) is 5.56 Å². The Hall–Kier alpha value is -1.35. The van der Waals surface area contributed by atoms with Crippen LogP contribution in [0, 0.1) is 5.92 Å². The number of benzene rings is 1. The fourth-order valence-electron chi connectivity index (χ4n) is 2.23. The van der Waals surface area contributed by atoms with Crippen LogP contribution < -0.4 is 5.73 Å². The van der Waals surface area contributed by atoms with E-state index in [0.717, 1.165) is 17.0 Å². The number of nitrogens with two attached hydrogens (primary N) is 1. The highest BCUT2D eigenvalue weighted by Crippen LogP contribution is 2.28. The average Bonchev–Trinajstić information content (AvgIpc) is 2.72. The number of oxazole rings is 1. The van der Waals surface area contributed by atoms with Crippen LogP contribution in [0.1, 0.15) is 51.0 Å². The minimum atomic E-state index is 0.316. The predicted octanol–water partition coefficient (Wildman–Crippen LogP) is 3.65. The van der Waals surface area contributed by atoms with Crippen LogP contribution in [0.25, 0.3) is 11.1 Å². The molecular weight excluding hydrogens is 224 g/mol. The Morgan fingerprint density at radius 3 is 2.50 bits per heavy atom. The normalized spacial score (nSPS) is 13.7. The summed E-state index contributed by atoms with van der Waals surface area (Å²) in [7, 11) is 0. The molecule has 1 aromatic carbocycles. The molecule has 3 nitrogen and oxygen atoms in total. The molecule has 0 aliphatic rings. The van der Waals surface area contributed by atoms with Crippen molar-refractivity contribution < 1.29 is 4.42 Å². The van der Waals surface area contributed by atoms with Crippen molar-refractivity contribution >= 4 is 11.1 Å². The number of fused-ring (bicyclic) bond motifs is 1. The molecule has 18 heavy (non-hydrogen) atoms. The van der Waals surface area contributed by atoms with Crippen molar-refractivity contribution in [2.75, 3.05) is 6.54 Å². The summed E-state index contributed by atoms with van der Waals surface area (Å²) in [6, 6.07) is 6.24. The van der Waals surface area contributed by atoms with E-state index in [1.54, 1.807) is 0 Å². The molecule has 3 heteroatoms. The van der Waals surface area contributed by atoms with Crippen LogP contribution >= 0.6 is 0 Å². The van der Waals surface area contributed by atoms with Gasteiger partial charge in [-0.2, -0.15) is 0 Å². The average molecular weight is 246 g/mol. The van der Waals surface area contributed by atoms with E-state index >= 15 is 0 Å². The molecule has 2 aromatic rings. The fourth-order valence-corrected chi connectivity index (χ4v) is 2.23. The molecule has 1 unspecified atom stereocenters. The van der Waals surface area contributed by atoms with Crippen LogP contribution in [0.15, 0.2) is 22.6 Å². The summed E-state index contributed by atoms with van der Waals surface area (Å²) in [6.45, 7) is 9.22. The van der Waals surface area contributed by atoms with E-state index in [9.17, 15) is 0 Å². The van der Waals surface area contributed by atoms with Gasteiger partial charge in [0.25, 0.3) is 0 Å². The first-order valence-corrected chi connectivity index (χ1v) is 6.63. The zero-order valence-electron chi connectivity index (χ0n) is 11.6. The van der Waals surface area contributed by atoms with Crippen molar-refractivity contribution in [1.82, 2.24) is 4.98 Å². The summed E-state index contributed by atoms with van der Waals surface area (Å²) < 4.78 is 5.79. The van der Waals surface area contributed by atoms with E-state index < -0.39 is 0 Å². The third-order valence-corrected chi connectivity index (χ3v) is 3.41. The van der Waals surface area contributed by atoms with Gasteiger partial charge in [0.05, 0.1) is 0 Å². The Morgan fingerprint density at radius 2 is 1.94 bits per heavy atom. The quantitative estimate of drug-likeness (QED) is 0.895. The zero-order chi connectivity index (χ0) is 13.3. The molecular formula is C15H22N2O. The molecule has 0 bridgehead atoms. The first kappa shape index (κ1) is 13.1. The Bertz CT molecular complexity index is 528. The number of nitrogens with zero attached hydrogens (tertiary/aromatic N) is 1. The highest BCUT2D eigenvalue weighted by molar-refractivity contribution is 5.73. The lowest BCUT2D eigenvalue weighted by molar-refractivity contribution is 0.495. The smallest absolute Gasteiger partial charge is 0.198 e. The predicted molar refractivity (Wildman–Crippen MR) is 74.7 cm³/mol. The molecule has 1 atom stereocenters. The maximum Gasteiger partial charge on any atom is 0.198 e. The third kappa shape index (κ3) is 2.41. The molecule has 1 heterocycles. The zero-order valence-corrected chi connectivity index (χ0v) is 11.6. The van der Waals surface area contributed by atoms with Gasteiger partial charge in [0, 0.05) is 5.92 Å². The standard InChI is InChI=1S/C15H22N2O/c1-9(2)12(8-16)11-5-6-13-14(7-11)18-15(17-13)10(3)4/h5-7,9-10,12H,8,16H2,1-4H3. The maximum absolute atomic E-state index is 5.86. The van der Waals surface area contributed by atoms with Gasteiger partial charge in [-0.3, -0.25) is 0 Å². The molecule has 0 radical (unpaired) electrons. The molecule has 0 spiro atoms. The van der Waals surface area contributed by atoms with E-state index in [-0.39, 0.29) is 0 Å². The minimum absolute atomic E-state index is 0.316. The van der Waals surface area contributed by atoms with E-state index in [0.29, 0.717) is 24.3 Å².